The van der Waals surface area contributed by atoms with Gasteiger partial charge in [0.05, 0.1) is 6.42 Å². The van der Waals surface area contributed by atoms with Crippen molar-refractivity contribution < 1.29 is 18.7 Å². The highest BCUT2D eigenvalue weighted by Crippen LogP contribution is 2.31. The number of carbonyl (C=O) groups is 1. The quantitative estimate of drug-likeness (QED) is 0.913. The van der Waals surface area contributed by atoms with E-state index in [1.54, 1.807) is 6.07 Å². The molecule has 0 aromatic heterocycles. The van der Waals surface area contributed by atoms with Crippen molar-refractivity contribution in [1.29, 1.82) is 0 Å². The van der Waals surface area contributed by atoms with Gasteiger partial charge in [-0.15, -0.1) is 0 Å². The number of nitrogens with zero attached hydrogens (tertiary/aromatic N) is 1. The van der Waals surface area contributed by atoms with Gasteiger partial charge in [-0.1, -0.05) is 6.07 Å². The molecule has 104 valence electrons. The van der Waals surface area contributed by atoms with E-state index >= 15 is 0 Å². The number of aliphatic carboxylic acids is 1. The van der Waals surface area contributed by atoms with Crippen LogP contribution in [0.25, 0.3) is 0 Å². The molecule has 1 aliphatic rings. The zero-order valence-electron chi connectivity index (χ0n) is 10.8. The minimum Gasteiger partial charge on any atom is -0.481 e. The second-order valence-corrected chi connectivity index (χ2v) is 4.98. The molecule has 3 nitrogen and oxygen atoms in total. The molecule has 0 bridgehead atoms. The second-order valence-electron chi connectivity index (χ2n) is 4.98. The average molecular weight is 269 g/mol. The lowest BCUT2D eigenvalue weighted by molar-refractivity contribution is -0.138. The molecule has 1 aromatic carbocycles. The Hall–Kier alpha value is -1.49. The first kappa shape index (κ1) is 13.9. The van der Waals surface area contributed by atoms with Gasteiger partial charge >= 0.3 is 5.97 Å². The first-order valence-corrected chi connectivity index (χ1v) is 6.41. The molecule has 1 aliphatic heterocycles. The van der Waals surface area contributed by atoms with E-state index in [1.165, 1.54) is 6.07 Å². The zero-order valence-corrected chi connectivity index (χ0v) is 10.8. The predicted molar refractivity (Wildman–Crippen MR) is 66.8 cm³/mol. The van der Waals surface area contributed by atoms with Gasteiger partial charge in [0.25, 0.3) is 0 Å². The van der Waals surface area contributed by atoms with E-state index in [4.69, 9.17) is 5.11 Å². The van der Waals surface area contributed by atoms with Gasteiger partial charge in [-0.25, -0.2) is 8.78 Å². The van der Waals surface area contributed by atoms with Gasteiger partial charge in [-0.05, 0) is 44.0 Å². The molecule has 1 aromatic rings. The van der Waals surface area contributed by atoms with Crippen LogP contribution in [0.2, 0.25) is 0 Å². The van der Waals surface area contributed by atoms with Crippen LogP contribution in [-0.4, -0.2) is 28.6 Å². The summed E-state index contributed by atoms with van der Waals surface area (Å²) in [5.74, 6) is -2.55. The lowest BCUT2D eigenvalue weighted by Crippen LogP contribution is -2.33. The van der Waals surface area contributed by atoms with E-state index in [-0.39, 0.29) is 18.5 Å². The molecule has 1 heterocycles. The monoisotopic (exact) mass is 269 g/mol. The summed E-state index contributed by atoms with van der Waals surface area (Å²) < 4.78 is 26.2. The molecule has 19 heavy (non-hydrogen) atoms. The third-order valence-corrected chi connectivity index (χ3v) is 3.76. The van der Waals surface area contributed by atoms with E-state index in [0.717, 1.165) is 25.5 Å². The van der Waals surface area contributed by atoms with Crippen molar-refractivity contribution in [2.24, 2.45) is 0 Å². The predicted octanol–water partition coefficient (Wildman–Crippen LogP) is 2.96. The molecule has 1 N–H and O–H groups in total. The largest absolute Gasteiger partial charge is 0.481 e. The van der Waals surface area contributed by atoms with Crippen LogP contribution in [0.1, 0.15) is 37.8 Å². The van der Waals surface area contributed by atoms with Crippen LogP contribution in [0.4, 0.5) is 8.78 Å². The highest BCUT2D eigenvalue weighted by molar-refractivity contribution is 5.67. The van der Waals surface area contributed by atoms with Crippen LogP contribution in [-0.2, 0) is 4.79 Å². The second kappa shape index (κ2) is 5.65. The van der Waals surface area contributed by atoms with Gasteiger partial charge in [0, 0.05) is 12.1 Å². The fourth-order valence-electron chi connectivity index (χ4n) is 2.75. The van der Waals surface area contributed by atoms with Crippen molar-refractivity contribution in [2.75, 3.05) is 6.54 Å². The van der Waals surface area contributed by atoms with Gasteiger partial charge < -0.3 is 5.11 Å². The maximum absolute atomic E-state index is 13.2. The third kappa shape index (κ3) is 3.10. The van der Waals surface area contributed by atoms with Gasteiger partial charge in [0.2, 0.25) is 0 Å². The van der Waals surface area contributed by atoms with Crippen LogP contribution >= 0.6 is 0 Å². The van der Waals surface area contributed by atoms with Crippen molar-refractivity contribution in [2.45, 2.75) is 38.3 Å². The lowest BCUT2D eigenvalue weighted by atomic mass is 10.0. The topological polar surface area (TPSA) is 40.5 Å². The summed E-state index contributed by atoms with van der Waals surface area (Å²) in [6.07, 6.45) is 1.86. The summed E-state index contributed by atoms with van der Waals surface area (Å²) in [7, 11) is 0. The zero-order chi connectivity index (χ0) is 14.0. The molecular formula is C14H17F2NO2. The number of likely N-dealkylation sites (tertiary alicyclic amines) is 1. The fourth-order valence-corrected chi connectivity index (χ4v) is 2.75. The van der Waals surface area contributed by atoms with E-state index < -0.39 is 17.6 Å². The van der Waals surface area contributed by atoms with E-state index in [2.05, 4.69) is 4.90 Å². The Labute approximate surface area is 110 Å². The minimum absolute atomic E-state index is 0.0272. The van der Waals surface area contributed by atoms with Gasteiger partial charge in [0.15, 0.2) is 11.6 Å². The summed E-state index contributed by atoms with van der Waals surface area (Å²) in [5.41, 5.74) is 0.677. The molecule has 2 rings (SSSR count). The van der Waals surface area contributed by atoms with Crippen molar-refractivity contribution in [3.8, 4) is 0 Å². The normalized spacial score (nSPS) is 21.5. The first-order chi connectivity index (χ1) is 8.99. The van der Waals surface area contributed by atoms with Gasteiger partial charge in [-0.2, -0.15) is 0 Å². The summed E-state index contributed by atoms with van der Waals surface area (Å²) >= 11 is 0. The Morgan fingerprint density at radius 2 is 2.21 bits per heavy atom. The van der Waals surface area contributed by atoms with Crippen molar-refractivity contribution in [3.63, 3.8) is 0 Å². The maximum Gasteiger partial charge on any atom is 0.304 e. The smallest absolute Gasteiger partial charge is 0.304 e. The maximum atomic E-state index is 13.2. The fraction of sp³-hybridized carbons (Fsp3) is 0.500. The highest BCUT2D eigenvalue weighted by Gasteiger charge is 2.30. The molecule has 1 fully saturated rings. The van der Waals surface area contributed by atoms with Gasteiger partial charge in [-0.3, -0.25) is 9.69 Å². The highest BCUT2D eigenvalue weighted by atomic mass is 19.2. The summed E-state index contributed by atoms with van der Waals surface area (Å²) in [5, 5.41) is 8.89. The molecule has 2 unspecified atom stereocenters. The number of halogens is 2. The van der Waals surface area contributed by atoms with Gasteiger partial charge in [0.1, 0.15) is 0 Å². The van der Waals surface area contributed by atoms with Crippen LogP contribution in [0.3, 0.4) is 0 Å². The SMILES string of the molecule is CC(c1ccc(F)c(F)c1)N1CCCC1CC(=O)O. The molecule has 0 aliphatic carbocycles. The molecular weight excluding hydrogens is 252 g/mol. The number of rotatable bonds is 4. The summed E-state index contributed by atoms with van der Waals surface area (Å²) in [6, 6.07) is 3.72. The number of hydrogen-bond acceptors (Lipinski definition) is 2. The lowest BCUT2D eigenvalue weighted by Gasteiger charge is -2.30. The molecule has 0 amide bonds. The van der Waals surface area contributed by atoms with Crippen molar-refractivity contribution in [3.05, 3.63) is 35.4 Å². The first-order valence-electron chi connectivity index (χ1n) is 6.41. The van der Waals surface area contributed by atoms with Crippen molar-refractivity contribution in [1.82, 2.24) is 4.90 Å². The van der Waals surface area contributed by atoms with Crippen LogP contribution in [0, 0.1) is 11.6 Å². The summed E-state index contributed by atoms with van der Waals surface area (Å²) in [4.78, 5) is 12.9. The molecule has 5 heteroatoms. The molecule has 0 spiro atoms. The molecule has 0 radical (unpaired) electrons. The van der Waals surface area contributed by atoms with Crippen LogP contribution < -0.4 is 0 Å². The van der Waals surface area contributed by atoms with Crippen LogP contribution in [0.15, 0.2) is 18.2 Å². The summed E-state index contributed by atoms with van der Waals surface area (Å²) in [6.45, 7) is 2.69. The van der Waals surface area contributed by atoms with E-state index in [1.807, 2.05) is 6.92 Å². The van der Waals surface area contributed by atoms with Crippen molar-refractivity contribution >= 4 is 5.97 Å². The standard InChI is InChI=1S/C14H17F2NO2/c1-9(10-4-5-12(15)13(16)7-10)17-6-2-3-11(17)8-14(18)19/h4-5,7,9,11H,2-3,6,8H2,1H3,(H,18,19). The molecule has 0 saturated carbocycles. The van der Waals surface area contributed by atoms with E-state index in [0.29, 0.717) is 5.56 Å². The average Bonchev–Trinajstić information content (AvgIpc) is 2.79. The Bertz CT molecular complexity index is 479. The molecule has 2 atom stereocenters. The molecule has 1 saturated heterocycles. The van der Waals surface area contributed by atoms with E-state index in [9.17, 15) is 13.6 Å². The Morgan fingerprint density at radius 3 is 2.84 bits per heavy atom. The Balaban J connectivity index is 2.15. The number of benzene rings is 1. The third-order valence-electron chi connectivity index (χ3n) is 3.76. The number of hydrogen-bond donors (Lipinski definition) is 1. The minimum atomic E-state index is -0.863. The Kier molecular flexibility index (Phi) is 4.14. The Morgan fingerprint density at radius 1 is 1.47 bits per heavy atom. The number of carboxylic acid groups (broad SMARTS) is 1. The van der Waals surface area contributed by atoms with Crippen LogP contribution in [0.5, 0.6) is 0 Å². The number of carboxylic acids is 1.